The van der Waals surface area contributed by atoms with E-state index in [1.807, 2.05) is 4.90 Å². The first-order valence-electron chi connectivity index (χ1n) is 6.99. The largest absolute Gasteiger partial charge is 0.480 e. The Morgan fingerprint density at radius 2 is 2.16 bits per heavy atom. The number of carboxylic acid groups (broad SMARTS) is 1. The third-order valence-corrected chi connectivity index (χ3v) is 3.36. The van der Waals surface area contributed by atoms with E-state index >= 15 is 0 Å². The van der Waals surface area contributed by atoms with Gasteiger partial charge in [0, 0.05) is 19.1 Å². The maximum absolute atomic E-state index is 12.1. The predicted molar refractivity (Wildman–Crippen MR) is 71.1 cm³/mol. The smallest absolute Gasteiger partial charge is 0.329 e. The number of rotatable bonds is 6. The number of urea groups is 1. The maximum atomic E-state index is 12.1. The SMILES string of the molecule is CCC1CCCCCN1C(=O)NCCOCC(=O)O. The van der Waals surface area contributed by atoms with Crippen LogP contribution in [0.15, 0.2) is 0 Å². The van der Waals surface area contributed by atoms with Gasteiger partial charge in [0.2, 0.25) is 0 Å². The molecule has 1 fully saturated rings. The molecule has 0 spiro atoms. The van der Waals surface area contributed by atoms with Crippen LogP contribution < -0.4 is 5.32 Å². The van der Waals surface area contributed by atoms with Gasteiger partial charge in [0.15, 0.2) is 0 Å². The summed E-state index contributed by atoms with van der Waals surface area (Å²) in [4.78, 5) is 24.2. The quantitative estimate of drug-likeness (QED) is 0.717. The van der Waals surface area contributed by atoms with Gasteiger partial charge in [-0.3, -0.25) is 0 Å². The van der Waals surface area contributed by atoms with Crippen LogP contribution in [0.1, 0.15) is 39.0 Å². The summed E-state index contributed by atoms with van der Waals surface area (Å²) in [5.74, 6) is -0.995. The van der Waals surface area contributed by atoms with Crippen molar-refractivity contribution in [2.24, 2.45) is 0 Å². The zero-order valence-corrected chi connectivity index (χ0v) is 11.6. The molecule has 1 heterocycles. The summed E-state index contributed by atoms with van der Waals surface area (Å²) < 4.78 is 4.88. The minimum absolute atomic E-state index is 0.0623. The first kappa shape index (κ1) is 15.8. The van der Waals surface area contributed by atoms with Crippen molar-refractivity contribution in [3.05, 3.63) is 0 Å². The lowest BCUT2D eigenvalue weighted by atomic mass is 10.1. The molecule has 1 unspecified atom stereocenters. The van der Waals surface area contributed by atoms with Gasteiger partial charge in [-0.25, -0.2) is 9.59 Å². The second-order valence-corrected chi connectivity index (χ2v) is 4.78. The van der Waals surface area contributed by atoms with Gasteiger partial charge in [-0.2, -0.15) is 0 Å². The number of ether oxygens (including phenoxy) is 1. The fraction of sp³-hybridized carbons (Fsp3) is 0.846. The number of likely N-dealkylation sites (tertiary alicyclic amines) is 1. The van der Waals surface area contributed by atoms with Crippen molar-refractivity contribution in [1.82, 2.24) is 10.2 Å². The van der Waals surface area contributed by atoms with E-state index in [2.05, 4.69) is 12.2 Å². The average molecular weight is 272 g/mol. The van der Waals surface area contributed by atoms with Crippen molar-refractivity contribution in [1.29, 1.82) is 0 Å². The van der Waals surface area contributed by atoms with E-state index in [1.165, 1.54) is 12.8 Å². The van der Waals surface area contributed by atoms with Crippen LogP contribution >= 0.6 is 0 Å². The molecule has 19 heavy (non-hydrogen) atoms. The number of carbonyl (C=O) groups is 2. The highest BCUT2D eigenvalue weighted by molar-refractivity contribution is 5.74. The molecule has 1 saturated heterocycles. The Kier molecular flexibility index (Phi) is 7.25. The van der Waals surface area contributed by atoms with Crippen molar-refractivity contribution >= 4 is 12.0 Å². The van der Waals surface area contributed by atoms with Crippen molar-refractivity contribution in [3.63, 3.8) is 0 Å². The zero-order valence-electron chi connectivity index (χ0n) is 11.6. The number of nitrogens with one attached hydrogen (secondary N) is 1. The molecule has 2 N–H and O–H groups in total. The van der Waals surface area contributed by atoms with Crippen LogP contribution in [0, 0.1) is 0 Å². The topological polar surface area (TPSA) is 78.9 Å². The van der Waals surface area contributed by atoms with E-state index in [1.54, 1.807) is 0 Å². The highest BCUT2D eigenvalue weighted by Gasteiger charge is 2.23. The monoisotopic (exact) mass is 272 g/mol. The summed E-state index contributed by atoms with van der Waals surface area (Å²) in [5, 5.41) is 11.2. The number of nitrogens with zero attached hydrogens (tertiary/aromatic N) is 1. The van der Waals surface area contributed by atoms with Gasteiger partial charge in [0.05, 0.1) is 6.61 Å². The van der Waals surface area contributed by atoms with Crippen LogP contribution in [0.3, 0.4) is 0 Å². The molecule has 110 valence electrons. The lowest BCUT2D eigenvalue weighted by molar-refractivity contribution is -0.142. The molecule has 1 aliphatic rings. The van der Waals surface area contributed by atoms with Crippen LogP contribution in [0.5, 0.6) is 0 Å². The minimum atomic E-state index is -0.995. The molecule has 0 bridgehead atoms. The van der Waals surface area contributed by atoms with Gasteiger partial charge in [-0.15, -0.1) is 0 Å². The summed E-state index contributed by atoms with van der Waals surface area (Å²) in [6.45, 7) is 3.16. The number of carboxylic acids is 1. The maximum Gasteiger partial charge on any atom is 0.329 e. The van der Waals surface area contributed by atoms with E-state index in [-0.39, 0.29) is 19.2 Å². The molecule has 0 aliphatic carbocycles. The normalized spacial score (nSPS) is 19.8. The summed E-state index contributed by atoms with van der Waals surface area (Å²) in [7, 11) is 0. The highest BCUT2D eigenvalue weighted by atomic mass is 16.5. The van der Waals surface area contributed by atoms with Gasteiger partial charge in [0.25, 0.3) is 0 Å². The molecular formula is C13H24N2O4. The molecule has 0 aromatic carbocycles. The second kappa shape index (κ2) is 8.74. The van der Waals surface area contributed by atoms with E-state index in [9.17, 15) is 9.59 Å². The minimum Gasteiger partial charge on any atom is -0.480 e. The Morgan fingerprint density at radius 3 is 2.84 bits per heavy atom. The third kappa shape index (κ3) is 5.92. The van der Waals surface area contributed by atoms with Gasteiger partial charge in [0.1, 0.15) is 6.61 Å². The lowest BCUT2D eigenvalue weighted by Crippen LogP contribution is -2.46. The Labute approximate surface area is 114 Å². The fourth-order valence-electron chi connectivity index (χ4n) is 2.36. The molecule has 0 aromatic rings. The summed E-state index contributed by atoms with van der Waals surface area (Å²) in [5.41, 5.74) is 0. The lowest BCUT2D eigenvalue weighted by Gasteiger charge is -2.29. The molecule has 0 radical (unpaired) electrons. The molecule has 1 rings (SSSR count). The summed E-state index contributed by atoms with van der Waals surface area (Å²) in [6.07, 6.45) is 5.47. The Balaban J connectivity index is 2.27. The zero-order chi connectivity index (χ0) is 14.1. The standard InChI is InChI=1S/C13H24N2O4/c1-2-11-6-4-3-5-8-15(11)13(18)14-7-9-19-10-12(16)17/h11H,2-10H2,1H3,(H,14,18)(H,16,17). The molecule has 2 amide bonds. The van der Waals surface area contributed by atoms with Crippen molar-refractivity contribution in [2.45, 2.75) is 45.1 Å². The number of aliphatic carboxylic acids is 1. The molecule has 0 saturated carbocycles. The van der Waals surface area contributed by atoms with Gasteiger partial charge < -0.3 is 20.1 Å². The first-order valence-corrected chi connectivity index (χ1v) is 6.99. The molecule has 6 heteroatoms. The van der Waals surface area contributed by atoms with Gasteiger partial charge >= 0.3 is 12.0 Å². The van der Waals surface area contributed by atoms with E-state index < -0.39 is 5.97 Å². The Morgan fingerprint density at radius 1 is 1.37 bits per heavy atom. The Bertz CT molecular complexity index is 296. The van der Waals surface area contributed by atoms with Crippen LogP contribution in [0.25, 0.3) is 0 Å². The first-order chi connectivity index (χ1) is 9.15. The molecular weight excluding hydrogens is 248 g/mol. The second-order valence-electron chi connectivity index (χ2n) is 4.78. The van der Waals surface area contributed by atoms with Crippen molar-refractivity contribution in [2.75, 3.05) is 26.3 Å². The van der Waals surface area contributed by atoms with E-state index in [4.69, 9.17) is 9.84 Å². The van der Waals surface area contributed by atoms with Crippen LogP contribution in [-0.4, -0.2) is 54.4 Å². The van der Waals surface area contributed by atoms with Crippen LogP contribution in [0.2, 0.25) is 0 Å². The highest BCUT2D eigenvalue weighted by Crippen LogP contribution is 2.18. The van der Waals surface area contributed by atoms with Gasteiger partial charge in [-0.05, 0) is 19.3 Å². The molecule has 1 aliphatic heterocycles. The molecule has 6 nitrogen and oxygen atoms in total. The van der Waals surface area contributed by atoms with Crippen LogP contribution in [0.4, 0.5) is 4.79 Å². The van der Waals surface area contributed by atoms with E-state index in [0.717, 1.165) is 25.8 Å². The fourth-order valence-corrected chi connectivity index (χ4v) is 2.36. The number of amides is 2. The van der Waals surface area contributed by atoms with Crippen molar-refractivity contribution in [3.8, 4) is 0 Å². The predicted octanol–water partition coefficient (Wildman–Crippen LogP) is 1.45. The average Bonchev–Trinajstić information content (AvgIpc) is 2.62. The summed E-state index contributed by atoms with van der Waals surface area (Å²) >= 11 is 0. The van der Waals surface area contributed by atoms with Crippen molar-refractivity contribution < 1.29 is 19.4 Å². The molecule has 1 atom stereocenters. The third-order valence-electron chi connectivity index (χ3n) is 3.36. The number of hydrogen-bond acceptors (Lipinski definition) is 3. The number of hydrogen-bond donors (Lipinski definition) is 2. The Hall–Kier alpha value is -1.30. The van der Waals surface area contributed by atoms with Crippen LogP contribution in [-0.2, 0) is 9.53 Å². The van der Waals surface area contributed by atoms with E-state index in [0.29, 0.717) is 12.6 Å². The summed E-state index contributed by atoms with van der Waals surface area (Å²) in [6, 6.07) is 0.259. The number of carbonyl (C=O) groups excluding carboxylic acids is 1. The van der Waals surface area contributed by atoms with Gasteiger partial charge in [-0.1, -0.05) is 19.8 Å². The molecule has 0 aromatic heterocycles.